The minimum Gasteiger partial charge on any atom is -0.480 e. The van der Waals surface area contributed by atoms with E-state index in [1.54, 1.807) is 0 Å². The van der Waals surface area contributed by atoms with Crippen molar-refractivity contribution in [2.45, 2.75) is 55.3 Å². The summed E-state index contributed by atoms with van der Waals surface area (Å²) in [6.45, 7) is 0. The summed E-state index contributed by atoms with van der Waals surface area (Å²) in [5, 5.41) is 9.43. The van der Waals surface area contributed by atoms with Gasteiger partial charge in [-0.2, -0.15) is 17.5 Å². The van der Waals surface area contributed by atoms with Crippen LogP contribution in [0.25, 0.3) is 0 Å². The van der Waals surface area contributed by atoms with Gasteiger partial charge in [-0.25, -0.2) is 8.42 Å². The Kier molecular flexibility index (Phi) is 4.52. The van der Waals surface area contributed by atoms with E-state index in [-0.39, 0.29) is 12.3 Å². The molecule has 1 aliphatic heterocycles. The number of halogens is 3. The molecule has 25 heavy (non-hydrogen) atoms. The van der Waals surface area contributed by atoms with Gasteiger partial charge in [0.25, 0.3) is 0 Å². The molecule has 6 nitrogen and oxygen atoms in total. The van der Waals surface area contributed by atoms with Crippen molar-refractivity contribution in [2.24, 2.45) is 5.92 Å². The second-order valence-electron chi connectivity index (χ2n) is 6.38. The summed E-state index contributed by atoms with van der Waals surface area (Å²) < 4.78 is 66.3. The van der Waals surface area contributed by atoms with Crippen molar-refractivity contribution in [3.8, 4) is 0 Å². The smallest absolute Gasteiger partial charge is 0.434 e. The summed E-state index contributed by atoms with van der Waals surface area (Å²) >= 11 is 0. The van der Waals surface area contributed by atoms with Gasteiger partial charge in [0.2, 0.25) is 10.0 Å². The van der Waals surface area contributed by atoms with E-state index < -0.39 is 44.8 Å². The summed E-state index contributed by atoms with van der Waals surface area (Å²) in [6, 6.07) is 0.00698. The fourth-order valence-electron chi connectivity index (χ4n) is 3.90. The summed E-state index contributed by atoms with van der Waals surface area (Å²) in [5.41, 5.74) is -1.52. The molecule has 3 unspecified atom stereocenters. The maximum absolute atomic E-state index is 13.2. The number of pyridine rings is 1. The lowest BCUT2D eigenvalue weighted by molar-refractivity contribution is -0.143. The zero-order valence-electron chi connectivity index (χ0n) is 13.1. The quantitative estimate of drug-likeness (QED) is 0.873. The molecule has 2 fully saturated rings. The first-order valence-electron chi connectivity index (χ1n) is 7.92. The van der Waals surface area contributed by atoms with E-state index in [1.165, 1.54) is 0 Å². The average molecular weight is 378 g/mol. The van der Waals surface area contributed by atoms with Crippen LogP contribution in [0.2, 0.25) is 0 Å². The Labute approximate surface area is 142 Å². The molecular formula is C15H17F3N2O4S. The Hall–Kier alpha value is -1.68. The number of hydrogen-bond donors (Lipinski definition) is 1. The largest absolute Gasteiger partial charge is 0.480 e. The number of carboxylic acids is 1. The van der Waals surface area contributed by atoms with Crippen LogP contribution in [0.4, 0.5) is 13.2 Å². The van der Waals surface area contributed by atoms with Crippen molar-refractivity contribution in [3.05, 3.63) is 24.0 Å². The van der Waals surface area contributed by atoms with Gasteiger partial charge < -0.3 is 5.11 Å². The zero-order valence-corrected chi connectivity index (χ0v) is 13.9. The van der Waals surface area contributed by atoms with Crippen LogP contribution < -0.4 is 0 Å². The number of hydrogen-bond acceptors (Lipinski definition) is 4. The van der Waals surface area contributed by atoms with Crippen molar-refractivity contribution in [3.63, 3.8) is 0 Å². The van der Waals surface area contributed by atoms with Crippen molar-refractivity contribution in [2.75, 3.05) is 0 Å². The fraction of sp³-hybridized carbons (Fsp3) is 0.600. The maximum atomic E-state index is 13.2. The van der Waals surface area contributed by atoms with Gasteiger partial charge in [0.1, 0.15) is 10.9 Å². The fourth-order valence-corrected chi connectivity index (χ4v) is 5.94. The predicted octanol–water partition coefficient (Wildman–Crippen LogP) is 2.51. The van der Waals surface area contributed by atoms with Gasteiger partial charge in [0.15, 0.2) is 5.69 Å². The Morgan fingerprint density at radius 3 is 2.60 bits per heavy atom. The van der Waals surface area contributed by atoms with E-state index >= 15 is 0 Å². The molecule has 138 valence electrons. The molecule has 2 heterocycles. The number of fused-ring (bicyclic) bond motifs is 1. The van der Waals surface area contributed by atoms with E-state index in [4.69, 9.17) is 0 Å². The monoisotopic (exact) mass is 378 g/mol. The first-order valence-corrected chi connectivity index (χ1v) is 9.36. The van der Waals surface area contributed by atoms with Crippen molar-refractivity contribution < 1.29 is 31.5 Å². The number of nitrogens with zero attached hydrogens (tertiary/aromatic N) is 2. The molecule has 1 aliphatic carbocycles. The number of aromatic nitrogens is 1. The highest BCUT2D eigenvalue weighted by Crippen LogP contribution is 2.44. The van der Waals surface area contributed by atoms with E-state index in [2.05, 4.69) is 4.98 Å². The highest BCUT2D eigenvalue weighted by atomic mass is 32.2. The molecule has 2 aliphatic rings. The van der Waals surface area contributed by atoms with Crippen LogP contribution in [0.1, 0.15) is 37.8 Å². The molecule has 3 atom stereocenters. The predicted molar refractivity (Wildman–Crippen MR) is 80.1 cm³/mol. The minimum atomic E-state index is -4.95. The molecule has 0 aromatic carbocycles. The number of carbonyl (C=O) groups is 1. The van der Waals surface area contributed by atoms with Crippen molar-refractivity contribution in [1.82, 2.24) is 9.29 Å². The van der Waals surface area contributed by atoms with Gasteiger partial charge in [-0.05, 0) is 37.3 Å². The molecule has 1 aromatic heterocycles. The summed E-state index contributed by atoms with van der Waals surface area (Å²) in [6.07, 6.45) is -1.24. The maximum Gasteiger partial charge on any atom is 0.434 e. The molecule has 0 bridgehead atoms. The number of carboxylic acid groups (broad SMARTS) is 1. The highest BCUT2D eigenvalue weighted by molar-refractivity contribution is 7.89. The molecule has 10 heteroatoms. The minimum absolute atomic E-state index is 0.126. The summed E-state index contributed by atoms with van der Waals surface area (Å²) in [7, 11) is -4.65. The van der Waals surface area contributed by atoms with Crippen LogP contribution in [0.15, 0.2) is 23.2 Å². The molecule has 1 aromatic rings. The third-order valence-corrected chi connectivity index (χ3v) is 6.87. The SMILES string of the molecule is O=C(O)C1CC2CCCCC2N1S(=O)(=O)c1cccnc1C(F)(F)F. The van der Waals surface area contributed by atoms with Gasteiger partial charge in [-0.3, -0.25) is 9.78 Å². The first kappa shape index (κ1) is 18.1. The Morgan fingerprint density at radius 2 is 1.96 bits per heavy atom. The number of alkyl halides is 3. The van der Waals surface area contributed by atoms with Gasteiger partial charge in [-0.1, -0.05) is 12.8 Å². The van der Waals surface area contributed by atoms with Gasteiger partial charge in [0, 0.05) is 12.2 Å². The van der Waals surface area contributed by atoms with Crippen molar-refractivity contribution >= 4 is 16.0 Å². The van der Waals surface area contributed by atoms with E-state index in [0.29, 0.717) is 12.8 Å². The molecular weight excluding hydrogens is 361 g/mol. The normalized spacial score (nSPS) is 27.9. The van der Waals surface area contributed by atoms with Crippen LogP contribution >= 0.6 is 0 Å². The molecule has 3 rings (SSSR count). The third-order valence-electron chi connectivity index (χ3n) is 4.91. The van der Waals surface area contributed by atoms with E-state index in [9.17, 15) is 31.5 Å². The lowest BCUT2D eigenvalue weighted by Crippen LogP contribution is -2.46. The molecule has 0 radical (unpaired) electrons. The van der Waals surface area contributed by atoms with Gasteiger partial charge >= 0.3 is 12.1 Å². The summed E-state index contributed by atoms with van der Waals surface area (Å²) in [4.78, 5) is 13.8. The average Bonchev–Trinajstić information content (AvgIpc) is 2.94. The second kappa shape index (κ2) is 6.24. The van der Waals surface area contributed by atoms with Gasteiger partial charge in [0.05, 0.1) is 0 Å². The Morgan fingerprint density at radius 1 is 1.28 bits per heavy atom. The molecule has 1 N–H and O–H groups in total. The van der Waals surface area contributed by atoms with Crippen LogP contribution in [-0.2, 0) is 21.0 Å². The van der Waals surface area contributed by atoms with Crippen molar-refractivity contribution in [1.29, 1.82) is 0 Å². The first-order chi connectivity index (χ1) is 11.6. The Balaban J connectivity index is 2.11. The lowest BCUT2D eigenvalue weighted by atomic mass is 9.85. The molecule has 1 saturated carbocycles. The van der Waals surface area contributed by atoms with Crippen LogP contribution in [0.5, 0.6) is 0 Å². The topological polar surface area (TPSA) is 87.6 Å². The number of aliphatic carboxylic acids is 1. The van der Waals surface area contributed by atoms with Crippen LogP contribution in [0, 0.1) is 5.92 Å². The number of rotatable bonds is 3. The second-order valence-corrected chi connectivity index (χ2v) is 8.20. The van der Waals surface area contributed by atoms with E-state index in [0.717, 1.165) is 35.5 Å². The summed E-state index contributed by atoms with van der Waals surface area (Å²) in [5.74, 6) is -1.48. The highest BCUT2D eigenvalue weighted by Gasteiger charge is 2.53. The molecule has 0 amide bonds. The van der Waals surface area contributed by atoms with Crippen LogP contribution in [-0.4, -0.2) is 40.9 Å². The third kappa shape index (κ3) is 3.12. The molecule has 0 spiro atoms. The van der Waals surface area contributed by atoms with Crippen LogP contribution in [0.3, 0.4) is 0 Å². The molecule has 1 saturated heterocycles. The zero-order chi connectivity index (χ0) is 18.4. The standard InChI is InChI=1S/C15H17F3N2O4S/c16-15(17,18)13-12(6-3-7-19-13)25(23,24)20-10-5-2-1-4-9(10)8-11(20)14(21)22/h3,6-7,9-11H,1-2,4-5,8H2,(H,21,22). The Bertz CT molecular complexity index is 781. The van der Waals surface area contributed by atoms with Gasteiger partial charge in [-0.15, -0.1) is 0 Å². The number of sulfonamides is 1. The lowest BCUT2D eigenvalue weighted by Gasteiger charge is -2.32. The van der Waals surface area contributed by atoms with E-state index in [1.807, 2.05) is 0 Å².